The first-order valence-electron chi connectivity index (χ1n) is 4.90. The van der Waals surface area contributed by atoms with Crippen LogP contribution in [0.2, 0.25) is 0 Å². The molecule has 2 aromatic rings. The van der Waals surface area contributed by atoms with Gasteiger partial charge in [-0.2, -0.15) is 0 Å². The van der Waals surface area contributed by atoms with E-state index in [-0.39, 0.29) is 13.2 Å². The molecule has 2 aromatic heterocycles. The fraction of sp³-hybridized carbons (Fsp3) is 0.273. The van der Waals surface area contributed by atoms with Crippen molar-refractivity contribution in [2.24, 2.45) is 0 Å². The number of hydrogen-bond donors (Lipinski definition) is 1. The van der Waals surface area contributed by atoms with Crippen LogP contribution in [0, 0.1) is 6.92 Å². The second-order valence-corrected chi connectivity index (χ2v) is 3.46. The number of imidazole rings is 1. The fourth-order valence-corrected chi connectivity index (χ4v) is 1.57. The third-order valence-corrected chi connectivity index (χ3v) is 2.29. The predicted octanol–water partition coefficient (Wildman–Crippen LogP) is 1.24. The zero-order chi connectivity index (χ0) is 11.5. The molecule has 0 unspecified atom stereocenters. The highest BCUT2D eigenvalue weighted by Crippen LogP contribution is 2.12. The van der Waals surface area contributed by atoms with Gasteiger partial charge in [0.2, 0.25) is 0 Å². The summed E-state index contributed by atoms with van der Waals surface area (Å²) < 4.78 is 6.97. The lowest BCUT2D eigenvalue weighted by Gasteiger charge is -2.02. The number of aromatic nitrogens is 2. The summed E-state index contributed by atoms with van der Waals surface area (Å²) in [6, 6.07) is 5.70. The van der Waals surface area contributed by atoms with E-state index in [2.05, 4.69) is 4.98 Å². The second-order valence-electron chi connectivity index (χ2n) is 3.46. The topological polar surface area (TPSA) is 63.8 Å². The summed E-state index contributed by atoms with van der Waals surface area (Å²) in [6.07, 6.45) is 1.88. The van der Waals surface area contributed by atoms with Gasteiger partial charge in [0.05, 0.1) is 18.0 Å². The van der Waals surface area contributed by atoms with Crippen molar-refractivity contribution < 1.29 is 14.6 Å². The molecule has 0 spiro atoms. The Morgan fingerprint density at radius 1 is 1.56 bits per heavy atom. The summed E-state index contributed by atoms with van der Waals surface area (Å²) in [5, 5.41) is 8.48. The lowest BCUT2D eigenvalue weighted by molar-refractivity contribution is -0.142. The van der Waals surface area contributed by atoms with Crippen molar-refractivity contribution in [3.05, 3.63) is 35.8 Å². The largest absolute Gasteiger partial charge is 0.480 e. The third kappa shape index (κ3) is 2.04. The molecular formula is C11H12N2O3. The number of aryl methyl sites for hydroxylation is 1. The Morgan fingerprint density at radius 2 is 2.38 bits per heavy atom. The number of carboxylic acids is 1. The zero-order valence-electron chi connectivity index (χ0n) is 8.88. The molecule has 2 heterocycles. The van der Waals surface area contributed by atoms with Crippen molar-refractivity contribution in [2.75, 3.05) is 6.61 Å². The van der Waals surface area contributed by atoms with Gasteiger partial charge in [0, 0.05) is 6.20 Å². The van der Waals surface area contributed by atoms with Crippen molar-refractivity contribution in [1.29, 1.82) is 0 Å². The summed E-state index contributed by atoms with van der Waals surface area (Å²) in [6.45, 7) is 1.84. The van der Waals surface area contributed by atoms with Crippen LogP contribution in [-0.4, -0.2) is 27.1 Å². The SMILES string of the molecule is Cc1nc2ccccn2c1COCC(=O)O. The van der Waals surface area contributed by atoms with E-state index in [1.165, 1.54) is 0 Å². The Morgan fingerprint density at radius 3 is 3.12 bits per heavy atom. The van der Waals surface area contributed by atoms with E-state index in [0.29, 0.717) is 0 Å². The van der Waals surface area contributed by atoms with E-state index in [1.807, 2.05) is 35.7 Å². The molecule has 1 N–H and O–H groups in total. The minimum absolute atomic E-state index is 0.253. The summed E-state index contributed by atoms with van der Waals surface area (Å²) >= 11 is 0. The summed E-state index contributed by atoms with van der Waals surface area (Å²) in [5.74, 6) is -0.966. The van der Waals surface area contributed by atoms with Gasteiger partial charge in [-0.15, -0.1) is 0 Å². The number of aliphatic carboxylic acids is 1. The average molecular weight is 220 g/mol. The lowest BCUT2D eigenvalue weighted by Crippen LogP contribution is -2.08. The molecule has 0 aliphatic carbocycles. The molecule has 84 valence electrons. The number of hydrogen-bond acceptors (Lipinski definition) is 3. The van der Waals surface area contributed by atoms with Crippen molar-refractivity contribution in [3.8, 4) is 0 Å². The molecule has 16 heavy (non-hydrogen) atoms. The first kappa shape index (κ1) is 10.6. The molecule has 0 aromatic carbocycles. The molecule has 0 radical (unpaired) electrons. The monoisotopic (exact) mass is 220 g/mol. The van der Waals surface area contributed by atoms with Crippen molar-refractivity contribution >= 4 is 11.6 Å². The maximum Gasteiger partial charge on any atom is 0.329 e. The molecule has 2 rings (SSSR count). The Balaban J connectivity index is 2.22. The van der Waals surface area contributed by atoms with Crippen molar-refractivity contribution in [3.63, 3.8) is 0 Å². The molecule has 0 saturated heterocycles. The van der Waals surface area contributed by atoms with Crippen LogP contribution in [0.1, 0.15) is 11.4 Å². The Kier molecular flexibility index (Phi) is 2.87. The predicted molar refractivity (Wildman–Crippen MR) is 57.2 cm³/mol. The highest BCUT2D eigenvalue weighted by Gasteiger charge is 2.08. The van der Waals surface area contributed by atoms with Crippen LogP contribution >= 0.6 is 0 Å². The quantitative estimate of drug-likeness (QED) is 0.842. The number of nitrogens with zero attached hydrogens (tertiary/aromatic N) is 2. The van der Waals surface area contributed by atoms with Crippen LogP contribution in [0.4, 0.5) is 0 Å². The van der Waals surface area contributed by atoms with E-state index >= 15 is 0 Å². The third-order valence-electron chi connectivity index (χ3n) is 2.29. The van der Waals surface area contributed by atoms with Gasteiger partial charge in [-0.1, -0.05) is 6.07 Å². The summed E-state index contributed by atoms with van der Waals surface area (Å²) in [5.41, 5.74) is 2.59. The standard InChI is InChI=1S/C11H12N2O3/c1-8-9(6-16-7-11(14)15)13-5-3-2-4-10(13)12-8/h2-5H,6-7H2,1H3,(H,14,15). The van der Waals surface area contributed by atoms with Crippen LogP contribution in [0.5, 0.6) is 0 Å². The first-order chi connectivity index (χ1) is 7.68. The van der Waals surface area contributed by atoms with Crippen LogP contribution in [0.3, 0.4) is 0 Å². The smallest absolute Gasteiger partial charge is 0.329 e. The number of pyridine rings is 1. The first-order valence-corrected chi connectivity index (χ1v) is 4.90. The molecule has 0 aliphatic heterocycles. The Labute approximate surface area is 92.3 Å². The van der Waals surface area contributed by atoms with Crippen LogP contribution in [0.15, 0.2) is 24.4 Å². The fourth-order valence-electron chi connectivity index (χ4n) is 1.57. The molecular weight excluding hydrogens is 208 g/mol. The molecule has 5 heteroatoms. The van der Waals surface area contributed by atoms with E-state index < -0.39 is 5.97 Å². The van der Waals surface area contributed by atoms with Gasteiger partial charge in [-0.3, -0.25) is 0 Å². The number of carbonyl (C=O) groups is 1. The molecule has 0 bridgehead atoms. The van der Waals surface area contributed by atoms with Gasteiger partial charge in [-0.05, 0) is 19.1 Å². The number of ether oxygens (including phenoxy) is 1. The van der Waals surface area contributed by atoms with E-state index in [1.54, 1.807) is 0 Å². The number of fused-ring (bicyclic) bond motifs is 1. The molecule has 0 saturated carbocycles. The average Bonchev–Trinajstić information content (AvgIpc) is 2.55. The molecule has 0 aliphatic rings. The Hall–Kier alpha value is -1.88. The number of carboxylic acid groups (broad SMARTS) is 1. The van der Waals surface area contributed by atoms with Gasteiger partial charge in [0.15, 0.2) is 0 Å². The Bertz CT molecular complexity index is 519. The van der Waals surface area contributed by atoms with Crippen LogP contribution < -0.4 is 0 Å². The highest BCUT2D eigenvalue weighted by atomic mass is 16.5. The van der Waals surface area contributed by atoms with Gasteiger partial charge in [0.1, 0.15) is 12.3 Å². The normalized spacial score (nSPS) is 10.8. The van der Waals surface area contributed by atoms with Crippen molar-refractivity contribution in [2.45, 2.75) is 13.5 Å². The maximum atomic E-state index is 10.3. The van der Waals surface area contributed by atoms with E-state index in [4.69, 9.17) is 9.84 Å². The molecule has 0 fully saturated rings. The van der Waals surface area contributed by atoms with Gasteiger partial charge >= 0.3 is 5.97 Å². The molecule has 0 atom stereocenters. The highest BCUT2D eigenvalue weighted by molar-refractivity contribution is 5.68. The van der Waals surface area contributed by atoms with Gasteiger partial charge in [-0.25, -0.2) is 9.78 Å². The van der Waals surface area contributed by atoms with E-state index in [0.717, 1.165) is 17.0 Å². The minimum atomic E-state index is -0.966. The lowest BCUT2D eigenvalue weighted by atomic mass is 10.3. The van der Waals surface area contributed by atoms with Crippen LogP contribution in [0.25, 0.3) is 5.65 Å². The summed E-state index contributed by atoms with van der Waals surface area (Å²) in [4.78, 5) is 14.7. The van der Waals surface area contributed by atoms with Crippen molar-refractivity contribution in [1.82, 2.24) is 9.38 Å². The second kappa shape index (κ2) is 4.32. The summed E-state index contributed by atoms with van der Waals surface area (Å²) in [7, 11) is 0. The molecule has 0 amide bonds. The zero-order valence-corrected chi connectivity index (χ0v) is 8.88. The van der Waals surface area contributed by atoms with Crippen LogP contribution in [-0.2, 0) is 16.1 Å². The number of rotatable bonds is 4. The van der Waals surface area contributed by atoms with Gasteiger partial charge in [0.25, 0.3) is 0 Å². The van der Waals surface area contributed by atoms with E-state index in [9.17, 15) is 4.79 Å². The van der Waals surface area contributed by atoms with Gasteiger partial charge < -0.3 is 14.2 Å². The minimum Gasteiger partial charge on any atom is -0.480 e. The maximum absolute atomic E-state index is 10.3. The molecule has 5 nitrogen and oxygen atoms in total.